The van der Waals surface area contributed by atoms with Crippen molar-refractivity contribution in [2.75, 3.05) is 18.8 Å². The van der Waals surface area contributed by atoms with Gasteiger partial charge in [0.25, 0.3) is 0 Å². The maximum atomic E-state index is 13.1. The van der Waals surface area contributed by atoms with E-state index >= 15 is 0 Å². The van der Waals surface area contributed by atoms with Crippen molar-refractivity contribution in [3.63, 3.8) is 0 Å². The van der Waals surface area contributed by atoms with Crippen LogP contribution in [-0.2, 0) is 5.41 Å². The molecule has 0 aliphatic heterocycles. The Kier molecular flexibility index (Phi) is 3.83. The molecule has 0 unspecified atom stereocenters. The van der Waals surface area contributed by atoms with Gasteiger partial charge in [-0.3, -0.25) is 14.2 Å². The summed E-state index contributed by atoms with van der Waals surface area (Å²) in [4.78, 5) is 1.55. The molecule has 0 saturated heterocycles. The Morgan fingerprint density at radius 2 is 2.05 bits per heavy atom. The van der Waals surface area contributed by atoms with Crippen molar-refractivity contribution in [2.45, 2.75) is 19.3 Å². The van der Waals surface area contributed by atoms with Crippen LogP contribution in [0.1, 0.15) is 18.1 Å². The van der Waals surface area contributed by atoms with Gasteiger partial charge in [0.2, 0.25) is 0 Å². The Morgan fingerprint density at radius 3 is 2.63 bits per heavy atom. The van der Waals surface area contributed by atoms with E-state index < -0.39 is 18.8 Å². The monoisotopic (exact) mass is 265 g/mol. The maximum absolute atomic E-state index is 13.1. The molecule has 3 nitrogen and oxygen atoms in total. The fourth-order valence-corrected chi connectivity index (χ4v) is 1.77. The zero-order valence-electron chi connectivity index (χ0n) is 11.0. The van der Waals surface area contributed by atoms with Crippen LogP contribution >= 0.6 is 0 Å². The number of aromatic nitrogens is 2. The van der Waals surface area contributed by atoms with E-state index in [0.29, 0.717) is 5.56 Å². The third kappa shape index (κ3) is 2.75. The van der Waals surface area contributed by atoms with Gasteiger partial charge in [-0.05, 0) is 30.2 Å². The van der Waals surface area contributed by atoms with Gasteiger partial charge in [0.05, 0.1) is 11.9 Å². The van der Waals surface area contributed by atoms with Gasteiger partial charge in [0.15, 0.2) is 0 Å². The lowest BCUT2D eigenvalue weighted by molar-refractivity contribution is 0.258. The SMILES string of the molecule is Cc1ccc(C(C)(CF)CF)cc1Nn1cccn1. The number of nitrogens with one attached hydrogen (secondary N) is 1. The van der Waals surface area contributed by atoms with Crippen LogP contribution < -0.4 is 5.43 Å². The Hall–Kier alpha value is -1.91. The summed E-state index contributed by atoms with van der Waals surface area (Å²) in [5.41, 5.74) is 4.39. The summed E-state index contributed by atoms with van der Waals surface area (Å²) >= 11 is 0. The molecular formula is C14H17F2N3. The van der Waals surface area contributed by atoms with Gasteiger partial charge >= 0.3 is 0 Å². The highest BCUT2D eigenvalue weighted by Gasteiger charge is 2.27. The standard InChI is InChI=1S/C14H17F2N3/c1-11-4-5-12(14(2,9-15)10-16)8-13(11)18-19-7-3-6-17-19/h3-8,18H,9-10H2,1-2H3. The summed E-state index contributed by atoms with van der Waals surface area (Å²) in [5.74, 6) is 0. The van der Waals surface area contributed by atoms with E-state index in [1.165, 1.54) is 0 Å². The third-order valence-corrected chi connectivity index (χ3v) is 3.26. The molecule has 19 heavy (non-hydrogen) atoms. The van der Waals surface area contributed by atoms with E-state index in [9.17, 15) is 8.78 Å². The van der Waals surface area contributed by atoms with Gasteiger partial charge in [0.1, 0.15) is 13.3 Å². The molecule has 0 amide bonds. The predicted octanol–water partition coefficient (Wildman–Crippen LogP) is 3.26. The summed E-state index contributed by atoms with van der Waals surface area (Å²) in [6.07, 6.45) is 3.41. The summed E-state index contributed by atoms with van der Waals surface area (Å²) in [5, 5.41) is 4.04. The molecule has 0 saturated carbocycles. The molecule has 1 heterocycles. The van der Waals surface area contributed by atoms with Crippen LogP contribution in [0.5, 0.6) is 0 Å². The lowest BCUT2D eigenvalue weighted by Gasteiger charge is -2.24. The zero-order valence-corrected chi connectivity index (χ0v) is 11.0. The summed E-state index contributed by atoms with van der Waals surface area (Å²) in [7, 11) is 0. The van der Waals surface area contributed by atoms with Crippen LogP contribution in [0.4, 0.5) is 14.5 Å². The molecule has 0 aliphatic carbocycles. The average Bonchev–Trinajstić information content (AvgIpc) is 2.93. The quantitative estimate of drug-likeness (QED) is 0.899. The van der Waals surface area contributed by atoms with Gasteiger partial charge in [-0.1, -0.05) is 19.1 Å². The smallest absolute Gasteiger partial charge is 0.101 e. The second-order valence-electron chi connectivity index (χ2n) is 4.92. The maximum Gasteiger partial charge on any atom is 0.101 e. The van der Waals surface area contributed by atoms with Crippen molar-refractivity contribution in [2.24, 2.45) is 0 Å². The van der Waals surface area contributed by atoms with E-state index in [2.05, 4.69) is 10.5 Å². The number of benzene rings is 1. The molecule has 2 rings (SSSR count). The van der Waals surface area contributed by atoms with Crippen molar-refractivity contribution < 1.29 is 8.78 Å². The van der Waals surface area contributed by atoms with Crippen LogP contribution in [0, 0.1) is 6.92 Å². The van der Waals surface area contributed by atoms with Crippen molar-refractivity contribution in [3.8, 4) is 0 Å². The minimum absolute atomic E-state index is 0.637. The predicted molar refractivity (Wildman–Crippen MR) is 71.7 cm³/mol. The Balaban J connectivity index is 2.34. The Labute approximate surface area is 111 Å². The van der Waals surface area contributed by atoms with Gasteiger partial charge in [0, 0.05) is 11.6 Å². The summed E-state index contributed by atoms with van der Waals surface area (Å²) in [6, 6.07) is 7.18. The average molecular weight is 265 g/mol. The van der Waals surface area contributed by atoms with Crippen molar-refractivity contribution in [1.29, 1.82) is 0 Å². The van der Waals surface area contributed by atoms with Gasteiger partial charge in [-0.2, -0.15) is 9.89 Å². The lowest BCUT2D eigenvalue weighted by Crippen LogP contribution is -2.27. The van der Waals surface area contributed by atoms with Crippen LogP contribution in [0.2, 0.25) is 0 Å². The third-order valence-electron chi connectivity index (χ3n) is 3.26. The summed E-state index contributed by atoms with van der Waals surface area (Å²) in [6.45, 7) is 2.05. The molecule has 1 N–H and O–H groups in total. The van der Waals surface area contributed by atoms with E-state index in [-0.39, 0.29) is 0 Å². The molecule has 0 bridgehead atoms. The van der Waals surface area contributed by atoms with Crippen LogP contribution in [0.3, 0.4) is 0 Å². The molecule has 0 fully saturated rings. The number of anilines is 1. The van der Waals surface area contributed by atoms with Crippen molar-refractivity contribution >= 4 is 5.69 Å². The first-order valence-corrected chi connectivity index (χ1v) is 6.09. The molecule has 102 valence electrons. The molecule has 1 aromatic carbocycles. The molecule has 0 spiro atoms. The molecule has 5 heteroatoms. The molecular weight excluding hydrogens is 248 g/mol. The van der Waals surface area contributed by atoms with Gasteiger partial charge in [-0.15, -0.1) is 0 Å². The normalized spacial score (nSPS) is 11.6. The second-order valence-corrected chi connectivity index (χ2v) is 4.92. The number of hydrogen-bond acceptors (Lipinski definition) is 2. The molecule has 1 aromatic heterocycles. The van der Waals surface area contributed by atoms with Crippen LogP contribution in [-0.4, -0.2) is 23.2 Å². The Bertz CT molecular complexity index is 534. The van der Waals surface area contributed by atoms with E-state index in [4.69, 9.17) is 0 Å². The number of nitrogens with zero attached hydrogens (tertiary/aromatic N) is 2. The minimum atomic E-state index is -1.09. The first-order chi connectivity index (χ1) is 9.09. The highest BCUT2D eigenvalue weighted by molar-refractivity contribution is 5.53. The highest BCUT2D eigenvalue weighted by Crippen LogP contribution is 2.29. The number of rotatable bonds is 5. The van der Waals surface area contributed by atoms with Gasteiger partial charge in [-0.25, -0.2) is 0 Å². The highest BCUT2D eigenvalue weighted by atomic mass is 19.1. The number of aryl methyl sites for hydroxylation is 1. The van der Waals surface area contributed by atoms with Gasteiger partial charge < -0.3 is 0 Å². The molecule has 0 atom stereocenters. The minimum Gasteiger partial charge on any atom is -0.278 e. The van der Waals surface area contributed by atoms with E-state index in [1.807, 2.05) is 13.0 Å². The summed E-state index contributed by atoms with van der Waals surface area (Å²) < 4.78 is 26.1. The lowest BCUT2D eigenvalue weighted by atomic mass is 9.84. The zero-order chi connectivity index (χ0) is 13.9. The fourth-order valence-electron chi connectivity index (χ4n) is 1.77. The number of hydrogen-bond donors (Lipinski definition) is 1. The largest absolute Gasteiger partial charge is 0.278 e. The molecule has 0 radical (unpaired) electrons. The Morgan fingerprint density at radius 1 is 1.32 bits per heavy atom. The molecule has 0 aliphatic rings. The topological polar surface area (TPSA) is 29.9 Å². The number of alkyl halides is 2. The van der Waals surface area contributed by atoms with Crippen LogP contribution in [0.15, 0.2) is 36.7 Å². The van der Waals surface area contributed by atoms with E-state index in [1.54, 1.807) is 42.3 Å². The first kappa shape index (κ1) is 13.5. The van der Waals surface area contributed by atoms with E-state index in [0.717, 1.165) is 11.3 Å². The number of halogens is 2. The van der Waals surface area contributed by atoms with Crippen molar-refractivity contribution in [1.82, 2.24) is 9.89 Å². The second kappa shape index (κ2) is 5.38. The first-order valence-electron chi connectivity index (χ1n) is 6.09. The van der Waals surface area contributed by atoms with Crippen molar-refractivity contribution in [3.05, 3.63) is 47.8 Å². The molecule has 2 aromatic rings. The van der Waals surface area contributed by atoms with Crippen LogP contribution in [0.25, 0.3) is 0 Å². The fraction of sp³-hybridized carbons (Fsp3) is 0.357.